The molecule has 17 heteroatoms. The van der Waals surface area contributed by atoms with E-state index in [0.29, 0.717) is 22.8 Å². The SMILES string of the molecule is COc1ccc2c(c1)nc(S(=O)Cc1ncc(C)c(OC)c1C)n2S(=O)(=O)c1ccc(OCC(=O)[O-])c(C(=O)[O-])c1.[Na+].[Na+]. The van der Waals surface area contributed by atoms with Crippen molar-refractivity contribution in [2.24, 2.45) is 0 Å². The fourth-order valence-corrected chi connectivity index (χ4v) is 7.19. The van der Waals surface area contributed by atoms with Gasteiger partial charge in [0, 0.05) is 29.0 Å². The fourth-order valence-electron chi connectivity index (χ4n) is 4.12. The molecule has 1 atom stereocenters. The number of carboxylic acids is 2. The van der Waals surface area contributed by atoms with Gasteiger partial charge >= 0.3 is 59.1 Å². The van der Waals surface area contributed by atoms with E-state index in [2.05, 4.69) is 9.97 Å². The number of aromatic carboxylic acids is 1. The summed E-state index contributed by atoms with van der Waals surface area (Å²) in [5, 5.41) is 22.2. The molecule has 0 fully saturated rings. The number of fused-ring (bicyclic) bond motifs is 1. The van der Waals surface area contributed by atoms with E-state index < -0.39 is 55.6 Å². The first-order valence-corrected chi connectivity index (χ1v) is 14.5. The number of aromatic nitrogens is 3. The Labute approximate surface area is 293 Å². The summed E-state index contributed by atoms with van der Waals surface area (Å²) in [4.78, 5) is 30.7. The van der Waals surface area contributed by atoms with Crippen LogP contribution in [0.5, 0.6) is 17.2 Å². The zero-order chi connectivity index (χ0) is 30.1. The minimum Gasteiger partial charge on any atom is -0.546 e. The summed E-state index contributed by atoms with van der Waals surface area (Å²) in [6, 6.07) is 7.12. The van der Waals surface area contributed by atoms with Crippen LogP contribution in [0.4, 0.5) is 0 Å². The second-order valence-electron chi connectivity index (χ2n) is 8.66. The van der Waals surface area contributed by atoms with Crippen LogP contribution in [-0.2, 0) is 31.4 Å². The molecule has 43 heavy (non-hydrogen) atoms. The number of carbonyl (C=O) groups excluding carboxylic acids is 2. The van der Waals surface area contributed by atoms with Gasteiger partial charge in [-0.25, -0.2) is 17.4 Å². The van der Waals surface area contributed by atoms with E-state index in [1.807, 2.05) is 0 Å². The number of carboxylic acid groups (broad SMARTS) is 2. The van der Waals surface area contributed by atoms with E-state index in [9.17, 15) is 32.4 Å². The van der Waals surface area contributed by atoms with Crippen LogP contribution in [0, 0.1) is 13.8 Å². The van der Waals surface area contributed by atoms with Gasteiger partial charge in [-0.05, 0) is 44.2 Å². The number of aryl methyl sites for hydroxylation is 1. The topological polar surface area (TPSA) is 190 Å². The standard InChI is InChI=1S/C26H25N3O10S2.2Na/c1-14-11-27-20(15(2)24(14)38-4)13-40(34)26-28-19-9-16(37-3)5-7-21(19)29(26)41(35,36)17-6-8-22(39-12-23(30)31)18(10-17)25(32)33;;/h5-11H,12-13H2,1-4H3,(H,30,31)(H,32,33);;/q;2*+1/p-2. The normalized spacial score (nSPS) is 11.6. The summed E-state index contributed by atoms with van der Waals surface area (Å²) in [6.07, 6.45) is 1.55. The molecule has 0 amide bonds. The van der Waals surface area contributed by atoms with E-state index in [-0.39, 0.29) is 81.1 Å². The molecule has 0 saturated carbocycles. The summed E-state index contributed by atoms with van der Waals surface area (Å²) < 4.78 is 57.9. The van der Waals surface area contributed by atoms with Gasteiger partial charge in [-0.3, -0.25) is 9.19 Å². The van der Waals surface area contributed by atoms with Gasteiger partial charge < -0.3 is 34.0 Å². The van der Waals surface area contributed by atoms with E-state index in [4.69, 9.17) is 14.2 Å². The Kier molecular flexibility index (Phi) is 12.8. The Bertz CT molecular complexity index is 1830. The van der Waals surface area contributed by atoms with Crippen molar-refractivity contribution in [3.8, 4) is 17.2 Å². The van der Waals surface area contributed by atoms with Crippen LogP contribution < -0.4 is 83.5 Å². The number of nitrogens with zero attached hydrogens (tertiary/aromatic N) is 3. The van der Waals surface area contributed by atoms with Crippen molar-refractivity contribution in [3.63, 3.8) is 0 Å². The van der Waals surface area contributed by atoms with Crippen LogP contribution in [-0.4, -0.2) is 59.3 Å². The van der Waals surface area contributed by atoms with Crippen molar-refractivity contribution in [2.75, 3.05) is 20.8 Å². The van der Waals surface area contributed by atoms with Crippen molar-refractivity contribution in [2.45, 2.75) is 29.7 Å². The molecule has 13 nitrogen and oxygen atoms in total. The molecule has 2 heterocycles. The second kappa shape index (κ2) is 15.0. The summed E-state index contributed by atoms with van der Waals surface area (Å²) in [5.74, 6) is -3.16. The molecule has 4 rings (SSSR count). The molecule has 0 aliphatic carbocycles. The average molecular weight is 648 g/mol. The van der Waals surface area contributed by atoms with Gasteiger partial charge in [-0.1, -0.05) is 0 Å². The van der Waals surface area contributed by atoms with E-state index in [1.54, 1.807) is 20.0 Å². The first-order valence-electron chi connectivity index (χ1n) is 11.8. The van der Waals surface area contributed by atoms with Crippen LogP contribution in [0.3, 0.4) is 0 Å². The van der Waals surface area contributed by atoms with Gasteiger partial charge in [0.25, 0.3) is 10.0 Å². The molecule has 0 saturated heterocycles. The largest absolute Gasteiger partial charge is 1.00 e. The molecule has 4 aromatic rings. The number of imidazole rings is 1. The van der Waals surface area contributed by atoms with Crippen LogP contribution in [0.2, 0.25) is 0 Å². The fraction of sp³-hybridized carbons (Fsp3) is 0.231. The number of benzene rings is 2. The number of carbonyl (C=O) groups is 2. The third kappa shape index (κ3) is 7.60. The number of hydrogen-bond acceptors (Lipinski definition) is 12. The minimum atomic E-state index is -4.64. The van der Waals surface area contributed by atoms with Crippen molar-refractivity contribution < 1.29 is 106 Å². The number of aliphatic carboxylic acids is 1. The first kappa shape index (κ1) is 36.7. The maximum atomic E-state index is 14.0. The van der Waals surface area contributed by atoms with E-state index in [1.165, 1.54) is 32.4 Å². The van der Waals surface area contributed by atoms with Gasteiger partial charge in [0.15, 0.2) is 0 Å². The Morgan fingerprint density at radius 2 is 1.72 bits per heavy atom. The summed E-state index contributed by atoms with van der Waals surface area (Å²) in [6.45, 7) is 2.57. The maximum Gasteiger partial charge on any atom is 1.00 e. The molecule has 2 aromatic carbocycles. The van der Waals surface area contributed by atoms with E-state index >= 15 is 0 Å². The van der Waals surface area contributed by atoms with Crippen molar-refractivity contribution >= 4 is 43.8 Å². The zero-order valence-corrected chi connectivity index (χ0v) is 29.8. The smallest absolute Gasteiger partial charge is 0.546 e. The molecule has 0 bridgehead atoms. The van der Waals surface area contributed by atoms with Gasteiger partial charge in [0.2, 0.25) is 5.16 Å². The Morgan fingerprint density at radius 1 is 1.02 bits per heavy atom. The van der Waals surface area contributed by atoms with Gasteiger partial charge in [-0.2, -0.15) is 0 Å². The molecular weight excluding hydrogens is 624 g/mol. The number of pyridine rings is 1. The van der Waals surface area contributed by atoms with Gasteiger partial charge in [0.1, 0.15) is 23.9 Å². The third-order valence-corrected chi connectivity index (χ3v) is 9.10. The predicted octanol–water partition coefficient (Wildman–Crippen LogP) is -5.89. The summed E-state index contributed by atoms with van der Waals surface area (Å²) in [5.41, 5.74) is 1.26. The van der Waals surface area contributed by atoms with Gasteiger partial charge in [-0.15, -0.1) is 0 Å². The number of rotatable bonds is 11. The molecule has 1 unspecified atom stereocenters. The number of hydrogen-bond donors (Lipinski definition) is 0. The van der Waals surface area contributed by atoms with Gasteiger partial charge in [0.05, 0.1) is 64.3 Å². The monoisotopic (exact) mass is 647 g/mol. The van der Waals surface area contributed by atoms with Crippen molar-refractivity contribution in [1.82, 2.24) is 13.9 Å². The first-order chi connectivity index (χ1) is 19.4. The molecule has 0 N–H and O–H groups in total. The molecule has 216 valence electrons. The Balaban J connectivity index is 0.00000323. The Hall–Kier alpha value is -2.50. The molecule has 0 aliphatic heterocycles. The quantitative estimate of drug-likeness (QED) is 0.140. The summed E-state index contributed by atoms with van der Waals surface area (Å²) >= 11 is 0. The van der Waals surface area contributed by atoms with E-state index in [0.717, 1.165) is 27.7 Å². The van der Waals surface area contributed by atoms with Crippen LogP contribution in [0.25, 0.3) is 11.0 Å². The van der Waals surface area contributed by atoms with Crippen LogP contribution in [0.1, 0.15) is 27.2 Å². The molecule has 2 aromatic heterocycles. The van der Waals surface area contributed by atoms with Crippen LogP contribution >= 0.6 is 0 Å². The minimum absolute atomic E-state index is 0. The number of methoxy groups -OCH3 is 2. The molecule has 0 radical (unpaired) electrons. The second-order valence-corrected chi connectivity index (χ2v) is 11.8. The Morgan fingerprint density at radius 3 is 2.33 bits per heavy atom. The zero-order valence-electron chi connectivity index (χ0n) is 24.2. The molecule has 0 spiro atoms. The average Bonchev–Trinajstić information content (AvgIpc) is 3.33. The molecule has 0 aliphatic rings. The summed E-state index contributed by atoms with van der Waals surface area (Å²) in [7, 11) is -3.81. The van der Waals surface area contributed by atoms with Crippen molar-refractivity contribution in [1.29, 1.82) is 0 Å². The van der Waals surface area contributed by atoms with Crippen LogP contribution in [0.15, 0.2) is 52.6 Å². The predicted molar refractivity (Wildman–Crippen MR) is 141 cm³/mol. The maximum absolute atomic E-state index is 14.0. The molecular formula is C26H23N3Na2O10S2. The number of ether oxygens (including phenoxy) is 3. The third-order valence-electron chi connectivity index (χ3n) is 6.07. The van der Waals surface area contributed by atoms with Crippen molar-refractivity contribution in [3.05, 3.63) is 65.0 Å².